The van der Waals surface area contributed by atoms with Crippen LogP contribution in [0.2, 0.25) is 0 Å². The molecule has 1 saturated carbocycles. The van der Waals surface area contributed by atoms with Crippen LogP contribution in [0.25, 0.3) is 0 Å². The Labute approximate surface area is 89.3 Å². The number of benzene rings is 1. The van der Waals surface area contributed by atoms with Gasteiger partial charge in [-0.2, -0.15) is 0 Å². The second kappa shape index (κ2) is 3.61. The molecule has 0 unspecified atom stereocenters. The van der Waals surface area contributed by atoms with Crippen molar-refractivity contribution in [3.63, 3.8) is 0 Å². The molecule has 78 valence electrons. The van der Waals surface area contributed by atoms with E-state index in [2.05, 4.69) is 0 Å². The van der Waals surface area contributed by atoms with Crippen LogP contribution in [-0.4, -0.2) is 11.6 Å². The Morgan fingerprint density at radius 3 is 1.80 bits per heavy atom. The summed E-state index contributed by atoms with van der Waals surface area (Å²) in [5, 5.41) is 0. The van der Waals surface area contributed by atoms with Gasteiger partial charge in [-0.1, -0.05) is 30.3 Å². The van der Waals surface area contributed by atoms with E-state index >= 15 is 0 Å². The molecule has 1 aromatic rings. The molecule has 1 fully saturated rings. The Morgan fingerprint density at radius 1 is 0.933 bits per heavy atom. The van der Waals surface area contributed by atoms with Gasteiger partial charge >= 0.3 is 0 Å². The Kier molecular flexibility index (Phi) is 2.43. The summed E-state index contributed by atoms with van der Waals surface area (Å²) in [4.78, 5) is 22.7. The number of carbonyl (C=O) groups is 2. The highest BCUT2D eigenvalue weighted by Gasteiger charge is 2.56. The smallest absolute Gasteiger partial charge is 0.134 e. The van der Waals surface area contributed by atoms with E-state index in [-0.39, 0.29) is 29.3 Å². The maximum Gasteiger partial charge on any atom is 0.134 e. The van der Waals surface area contributed by atoms with Crippen LogP contribution >= 0.6 is 0 Å². The molecular weight excluding hydrogens is 188 g/mol. The lowest BCUT2D eigenvalue weighted by Crippen LogP contribution is -2.01. The van der Waals surface area contributed by atoms with Gasteiger partial charge in [0.1, 0.15) is 11.6 Å². The van der Waals surface area contributed by atoms with Gasteiger partial charge in [-0.05, 0) is 19.4 Å². The zero-order chi connectivity index (χ0) is 11.0. The standard InChI is InChI=1S/C13H14O2/c1-8(14)11-12(9(2)15)13(11)10-6-4-3-5-7-10/h3-7,11-13H,1-2H3/t11-,12-/m0/s1. The van der Waals surface area contributed by atoms with Crippen LogP contribution in [-0.2, 0) is 9.59 Å². The molecule has 15 heavy (non-hydrogen) atoms. The molecule has 0 bridgehead atoms. The summed E-state index contributed by atoms with van der Waals surface area (Å²) in [6.45, 7) is 3.15. The molecule has 0 saturated heterocycles. The minimum absolute atomic E-state index is 0.0788. The molecule has 0 aromatic heterocycles. The minimum Gasteiger partial charge on any atom is -0.300 e. The van der Waals surface area contributed by atoms with Gasteiger partial charge in [-0.3, -0.25) is 9.59 Å². The van der Waals surface area contributed by atoms with E-state index in [1.54, 1.807) is 13.8 Å². The lowest BCUT2D eigenvalue weighted by atomic mass is 10.1. The monoisotopic (exact) mass is 202 g/mol. The van der Waals surface area contributed by atoms with Gasteiger partial charge in [-0.15, -0.1) is 0 Å². The lowest BCUT2D eigenvalue weighted by molar-refractivity contribution is -0.122. The molecule has 0 amide bonds. The van der Waals surface area contributed by atoms with Crippen molar-refractivity contribution in [3.8, 4) is 0 Å². The highest BCUT2D eigenvalue weighted by molar-refractivity contribution is 5.94. The van der Waals surface area contributed by atoms with Gasteiger partial charge in [-0.25, -0.2) is 0 Å². The zero-order valence-corrected chi connectivity index (χ0v) is 8.94. The van der Waals surface area contributed by atoms with Crippen molar-refractivity contribution < 1.29 is 9.59 Å². The van der Waals surface area contributed by atoms with Crippen LogP contribution in [0.1, 0.15) is 25.3 Å². The van der Waals surface area contributed by atoms with Crippen molar-refractivity contribution >= 4 is 11.6 Å². The number of hydrogen-bond donors (Lipinski definition) is 0. The van der Waals surface area contributed by atoms with Crippen molar-refractivity contribution in [2.24, 2.45) is 11.8 Å². The summed E-state index contributed by atoms with van der Waals surface area (Å²) in [5.41, 5.74) is 1.11. The quantitative estimate of drug-likeness (QED) is 0.753. The van der Waals surface area contributed by atoms with Crippen molar-refractivity contribution in [2.75, 3.05) is 0 Å². The van der Waals surface area contributed by atoms with Gasteiger partial charge in [0.15, 0.2) is 0 Å². The maximum atomic E-state index is 11.4. The van der Waals surface area contributed by atoms with E-state index in [0.29, 0.717) is 0 Å². The predicted octanol–water partition coefficient (Wildman–Crippen LogP) is 2.19. The summed E-state index contributed by atoms with van der Waals surface area (Å²) >= 11 is 0. The average Bonchev–Trinajstić information content (AvgIpc) is 2.94. The number of rotatable bonds is 3. The summed E-state index contributed by atoms with van der Waals surface area (Å²) < 4.78 is 0. The summed E-state index contributed by atoms with van der Waals surface area (Å²) in [6.07, 6.45) is 0. The Bertz CT molecular complexity index is 374. The number of Topliss-reactive ketones (excluding diaryl/α,β-unsaturated/α-hetero) is 2. The van der Waals surface area contributed by atoms with Crippen LogP contribution in [0.5, 0.6) is 0 Å². The lowest BCUT2D eigenvalue weighted by Gasteiger charge is -1.96. The normalized spacial score (nSPS) is 28.5. The van der Waals surface area contributed by atoms with Crippen LogP contribution in [0, 0.1) is 11.8 Å². The first-order valence-corrected chi connectivity index (χ1v) is 5.18. The first kappa shape index (κ1) is 10.1. The Hall–Kier alpha value is -1.44. The fraction of sp³-hybridized carbons (Fsp3) is 0.385. The van der Waals surface area contributed by atoms with E-state index in [9.17, 15) is 9.59 Å². The molecule has 2 nitrogen and oxygen atoms in total. The van der Waals surface area contributed by atoms with E-state index in [1.165, 1.54) is 0 Å². The summed E-state index contributed by atoms with van der Waals surface area (Å²) in [5.74, 6) is 0.226. The third-order valence-corrected chi connectivity index (χ3v) is 3.14. The van der Waals surface area contributed by atoms with Crippen LogP contribution < -0.4 is 0 Å². The van der Waals surface area contributed by atoms with E-state index in [1.807, 2.05) is 30.3 Å². The molecule has 1 aliphatic rings. The second-order valence-electron chi connectivity index (χ2n) is 4.21. The predicted molar refractivity (Wildman–Crippen MR) is 57.5 cm³/mol. The fourth-order valence-corrected chi connectivity index (χ4v) is 2.41. The highest BCUT2D eigenvalue weighted by atomic mass is 16.1. The largest absolute Gasteiger partial charge is 0.300 e. The van der Waals surface area contributed by atoms with Crippen molar-refractivity contribution in [1.29, 1.82) is 0 Å². The Morgan fingerprint density at radius 2 is 1.40 bits per heavy atom. The Balaban J connectivity index is 2.25. The summed E-state index contributed by atoms with van der Waals surface area (Å²) in [6, 6.07) is 9.81. The first-order chi connectivity index (χ1) is 7.13. The van der Waals surface area contributed by atoms with E-state index in [0.717, 1.165) is 5.56 Å². The minimum atomic E-state index is -0.0788. The van der Waals surface area contributed by atoms with Gasteiger partial charge in [0.05, 0.1) is 0 Å². The third-order valence-electron chi connectivity index (χ3n) is 3.14. The molecule has 2 rings (SSSR count). The summed E-state index contributed by atoms with van der Waals surface area (Å²) in [7, 11) is 0. The highest BCUT2D eigenvalue weighted by Crippen LogP contribution is 2.54. The molecule has 0 radical (unpaired) electrons. The molecule has 2 heteroatoms. The number of hydrogen-bond acceptors (Lipinski definition) is 2. The van der Waals surface area contributed by atoms with Crippen molar-refractivity contribution in [3.05, 3.63) is 35.9 Å². The van der Waals surface area contributed by atoms with Gasteiger partial charge in [0.25, 0.3) is 0 Å². The molecule has 0 heterocycles. The third kappa shape index (κ3) is 1.72. The first-order valence-electron chi connectivity index (χ1n) is 5.18. The molecular formula is C13H14O2. The average molecular weight is 202 g/mol. The van der Waals surface area contributed by atoms with Crippen LogP contribution in [0.3, 0.4) is 0 Å². The van der Waals surface area contributed by atoms with Crippen molar-refractivity contribution in [2.45, 2.75) is 19.8 Å². The van der Waals surface area contributed by atoms with E-state index < -0.39 is 0 Å². The maximum absolute atomic E-state index is 11.4. The topological polar surface area (TPSA) is 34.1 Å². The molecule has 0 aliphatic heterocycles. The molecule has 0 spiro atoms. The SMILES string of the molecule is CC(=O)[C@@H]1C(c2ccccc2)[C@H]1C(C)=O. The van der Waals surface area contributed by atoms with Gasteiger partial charge < -0.3 is 0 Å². The van der Waals surface area contributed by atoms with E-state index in [4.69, 9.17) is 0 Å². The van der Waals surface area contributed by atoms with Crippen LogP contribution in [0.4, 0.5) is 0 Å². The fourth-order valence-electron chi connectivity index (χ4n) is 2.41. The molecule has 2 atom stereocenters. The number of carbonyl (C=O) groups excluding carboxylic acids is 2. The zero-order valence-electron chi connectivity index (χ0n) is 8.94. The van der Waals surface area contributed by atoms with Crippen molar-refractivity contribution in [1.82, 2.24) is 0 Å². The molecule has 1 aliphatic carbocycles. The van der Waals surface area contributed by atoms with Gasteiger partial charge in [0.2, 0.25) is 0 Å². The number of ketones is 2. The van der Waals surface area contributed by atoms with Gasteiger partial charge in [0, 0.05) is 17.8 Å². The second-order valence-corrected chi connectivity index (χ2v) is 4.21. The molecule has 0 N–H and O–H groups in total. The molecule has 1 aromatic carbocycles. The van der Waals surface area contributed by atoms with Crippen LogP contribution in [0.15, 0.2) is 30.3 Å².